The number of rotatable bonds is 3. The van der Waals surface area contributed by atoms with Crippen LogP contribution in [-0.4, -0.2) is 44.9 Å². The first-order chi connectivity index (χ1) is 14.8. The van der Waals surface area contributed by atoms with Crippen molar-refractivity contribution >= 4 is 21.9 Å². The fourth-order valence-corrected chi connectivity index (χ4v) is 3.57. The van der Waals surface area contributed by atoms with Crippen LogP contribution in [0.2, 0.25) is 0 Å². The van der Waals surface area contributed by atoms with Gasteiger partial charge in [-0.2, -0.15) is 10.2 Å². The van der Waals surface area contributed by atoms with Gasteiger partial charge in [-0.3, -0.25) is 24.7 Å². The molecule has 0 radical (unpaired) electrons. The van der Waals surface area contributed by atoms with Crippen LogP contribution in [0.4, 0.5) is 0 Å². The normalized spacial score (nSPS) is 11.5. The van der Waals surface area contributed by atoms with E-state index in [0.29, 0.717) is 5.82 Å². The number of nitrogens with one attached hydrogen (secondary N) is 2. The molecule has 9 nitrogen and oxygen atoms in total. The lowest BCUT2D eigenvalue weighted by molar-refractivity contribution is 0.768. The Balaban J connectivity index is 1.52. The first-order valence-corrected chi connectivity index (χ1v) is 9.35. The Kier molecular flexibility index (Phi) is 3.48. The quantitative estimate of drug-likeness (QED) is 0.477. The van der Waals surface area contributed by atoms with Crippen molar-refractivity contribution in [1.29, 1.82) is 0 Å². The van der Waals surface area contributed by atoms with Gasteiger partial charge in [-0.05, 0) is 24.3 Å². The van der Waals surface area contributed by atoms with Crippen LogP contribution >= 0.6 is 0 Å². The molecule has 6 aromatic heterocycles. The largest absolute Gasteiger partial charge is 0.336 e. The van der Waals surface area contributed by atoms with Gasteiger partial charge in [-0.25, -0.2) is 4.98 Å². The van der Waals surface area contributed by atoms with Crippen LogP contribution in [0.3, 0.4) is 0 Å². The van der Waals surface area contributed by atoms with E-state index in [-0.39, 0.29) is 0 Å². The number of H-pyrrole nitrogens is 2. The Morgan fingerprint density at radius 1 is 0.933 bits per heavy atom. The third-order valence-corrected chi connectivity index (χ3v) is 5.01. The Labute approximate surface area is 169 Å². The van der Waals surface area contributed by atoms with Crippen LogP contribution < -0.4 is 0 Å². The summed E-state index contributed by atoms with van der Waals surface area (Å²) in [4.78, 5) is 21.4. The number of aromatic nitrogens is 9. The summed E-state index contributed by atoms with van der Waals surface area (Å²) in [5, 5.41) is 12.7. The molecule has 0 bridgehead atoms. The number of aromatic amines is 2. The van der Waals surface area contributed by atoms with E-state index < -0.39 is 0 Å². The topological polar surface area (TPSA) is 114 Å². The Hall–Kier alpha value is -4.40. The SMILES string of the molecule is Cn1cc(-c2cc3c(-c4nc5c(-c6cccnc6)nccc5[nH]4)n[nH]c3cn2)cn1. The number of fused-ring (bicyclic) bond motifs is 2. The molecule has 6 aromatic rings. The minimum absolute atomic E-state index is 0.665. The lowest BCUT2D eigenvalue weighted by Crippen LogP contribution is -1.86. The molecule has 0 aliphatic heterocycles. The second kappa shape index (κ2) is 6.31. The number of pyridine rings is 3. The molecule has 0 spiro atoms. The number of hydrogen-bond acceptors (Lipinski definition) is 6. The standard InChI is InChI=1S/C21H15N9/c1-30-11-13(9-25-30)16-7-14-17(10-24-16)28-29-19(14)21-26-15-4-6-23-18(20(15)27-21)12-3-2-5-22-8-12/h2-11H,1H3,(H,26,27)(H,28,29). The van der Waals surface area contributed by atoms with Gasteiger partial charge in [0.2, 0.25) is 0 Å². The van der Waals surface area contributed by atoms with Crippen LogP contribution in [0, 0.1) is 0 Å². The first-order valence-electron chi connectivity index (χ1n) is 9.35. The number of imidazole rings is 1. The van der Waals surface area contributed by atoms with Crippen molar-refractivity contribution in [1.82, 2.24) is 44.9 Å². The molecule has 30 heavy (non-hydrogen) atoms. The first kappa shape index (κ1) is 16.5. The third-order valence-electron chi connectivity index (χ3n) is 5.01. The lowest BCUT2D eigenvalue weighted by Gasteiger charge is -1.99. The molecule has 0 atom stereocenters. The van der Waals surface area contributed by atoms with Crippen molar-refractivity contribution in [3.8, 4) is 34.0 Å². The van der Waals surface area contributed by atoms with Crippen LogP contribution in [0.5, 0.6) is 0 Å². The Morgan fingerprint density at radius 2 is 1.90 bits per heavy atom. The molecule has 6 heterocycles. The van der Waals surface area contributed by atoms with Crippen molar-refractivity contribution in [3.63, 3.8) is 0 Å². The molecule has 6 rings (SSSR count). The molecule has 0 aliphatic rings. The molecule has 2 N–H and O–H groups in total. The van der Waals surface area contributed by atoms with E-state index in [1.54, 1.807) is 35.7 Å². The summed E-state index contributed by atoms with van der Waals surface area (Å²) < 4.78 is 1.75. The predicted molar refractivity (Wildman–Crippen MR) is 112 cm³/mol. The maximum Gasteiger partial charge on any atom is 0.159 e. The average Bonchev–Trinajstić information content (AvgIpc) is 3.50. The Morgan fingerprint density at radius 3 is 2.73 bits per heavy atom. The maximum atomic E-state index is 4.82. The van der Waals surface area contributed by atoms with E-state index in [1.807, 2.05) is 37.5 Å². The summed E-state index contributed by atoms with van der Waals surface area (Å²) >= 11 is 0. The number of hydrogen-bond donors (Lipinski definition) is 2. The lowest BCUT2D eigenvalue weighted by atomic mass is 10.1. The van der Waals surface area contributed by atoms with Crippen LogP contribution in [0.1, 0.15) is 0 Å². The summed E-state index contributed by atoms with van der Waals surface area (Å²) in [6.45, 7) is 0. The molecule has 0 saturated heterocycles. The predicted octanol–water partition coefficient (Wildman–Crippen LogP) is 3.36. The van der Waals surface area contributed by atoms with Gasteiger partial charge in [-0.15, -0.1) is 0 Å². The summed E-state index contributed by atoms with van der Waals surface area (Å²) in [6.07, 6.45) is 10.8. The highest BCUT2D eigenvalue weighted by Crippen LogP contribution is 2.31. The molecular formula is C21H15N9. The molecule has 9 heteroatoms. The van der Waals surface area contributed by atoms with Gasteiger partial charge < -0.3 is 4.98 Å². The van der Waals surface area contributed by atoms with Crippen LogP contribution in [-0.2, 0) is 7.05 Å². The molecule has 0 aromatic carbocycles. The van der Waals surface area contributed by atoms with Gasteiger partial charge >= 0.3 is 0 Å². The maximum absolute atomic E-state index is 4.82. The highest BCUT2D eigenvalue weighted by molar-refractivity contribution is 5.96. The van der Waals surface area contributed by atoms with E-state index in [1.165, 1.54) is 0 Å². The summed E-state index contributed by atoms with van der Waals surface area (Å²) in [7, 11) is 1.88. The van der Waals surface area contributed by atoms with Gasteiger partial charge in [0.15, 0.2) is 5.82 Å². The monoisotopic (exact) mass is 393 g/mol. The van der Waals surface area contributed by atoms with Crippen molar-refractivity contribution in [3.05, 3.63) is 61.4 Å². The minimum atomic E-state index is 0.665. The van der Waals surface area contributed by atoms with Crippen LogP contribution in [0.25, 0.3) is 56.0 Å². The van der Waals surface area contributed by atoms with E-state index in [9.17, 15) is 0 Å². The highest BCUT2D eigenvalue weighted by atomic mass is 15.2. The van der Waals surface area contributed by atoms with E-state index in [4.69, 9.17) is 4.98 Å². The molecule has 0 amide bonds. The van der Waals surface area contributed by atoms with E-state index in [2.05, 4.69) is 35.2 Å². The summed E-state index contributed by atoms with van der Waals surface area (Å²) in [6, 6.07) is 7.76. The van der Waals surface area contributed by atoms with Crippen LogP contribution in [0.15, 0.2) is 61.4 Å². The van der Waals surface area contributed by atoms with Gasteiger partial charge in [0, 0.05) is 48.3 Å². The third kappa shape index (κ3) is 2.56. The number of nitrogens with zero attached hydrogens (tertiary/aromatic N) is 7. The zero-order valence-corrected chi connectivity index (χ0v) is 15.9. The number of aryl methyl sites for hydroxylation is 1. The summed E-state index contributed by atoms with van der Waals surface area (Å²) in [5.74, 6) is 0.665. The van der Waals surface area contributed by atoms with Crippen molar-refractivity contribution in [2.45, 2.75) is 0 Å². The molecule has 0 saturated carbocycles. The van der Waals surface area contributed by atoms with E-state index >= 15 is 0 Å². The van der Waals surface area contributed by atoms with Crippen molar-refractivity contribution in [2.24, 2.45) is 7.05 Å². The fraction of sp³-hybridized carbons (Fsp3) is 0.0476. The smallest absolute Gasteiger partial charge is 0.159 e. The Bertz CT molecular complexity index is 1510. The zero-order chi connectivity index (χ0) is 20.1. The highest BCUT2D eigenvalue weighted by Gasteiger charge is 2.17. The zero-order valence-electron chi connectivity index (χ0n) is 15.9. The molecule has 0 aliphatic carbocycles. The van der Waals surface area contributed by atoms with Crippen molar-refractivity contribution < 1.29 is 0 Å². The van der Waals surface area contributed by atoms with Gasteiger partial charge in [0.05, 0.1) is 34.8 Å². The van der Waals surface area contributed by atoms with Crippen molar-refractivity contribution in [2.75, 3.05) is 0 Å². The molecule has 144 valence electrons. The van der Waals surface area contributed by atoms with E-state index in [0.717, 1.165) is 50.1 Å². The molecule has 0 unspecified atom stereocenters. The minimum Gasteiger partial charge on any atom is -0.336 e. The van der Waals surface area contributed by atoms with Gasteiger partial charge in [0.1, 0.15) is 11.2 Å². The average molecular weight is 393 g/mol. The second-order valence-electron chi connectivity index (χ2n) is 6.97. The molecular weight excluding hydrogens is 378 g/mol. The van der Waals surface area contributed by atoms with Gasteiger partial charge in [-0.1, -0.05) is 0 Å². The van der Waals surface area contributed by atoms with Gasteiger partial charge in [0.25, 0.3) is 0 Å². The summed E-state index contributed by atoms with van der Waals surface area (Å²) in [5.41, 5.74) is 6.69. The fourth-order valence-electron chi connectivity index (χ4n) is 3.57. The second-order valence-corrected chi connectivity index (χ2v) is 6.97. The molecule has 0 fully saturated rings.